The number of ether oxygens (including phenoxy) is 1. The molecule has 1 aliphatic carbocycles. The Morgan fingerprint density at radius 1 is 1.18 bits per heavy atom. The fraction of sp³-hybridized carbons (Fsp3) is 1.00. The molecule has 17 heavy (non-hydrogen) atoms. The maximum atomic E-state index is 11.7. The van der Waals surface area contributed by atoms with Crippen LogP contribution in [-0.4, -0.2) is 25.6 Å². The maximum absolute atomic E-state index is 11.7. The minimum absolute atomic E-state index is 0.261. The molecular weight excluding hydrogens is 231 g/mol. The molecule has 1 rings (SSSR count). The van der Waals surface area contributed by atoms with E-state index in [2.05, 4.69) is 17.0 Å². The Morgan fingerprint density at radius 2 is 1.76 bits per heavy atom. The second-order valence-corrected chi connectivity index (χ2v) is 4.79. The highest BCUT2D eigenvalue weighted by Gasteiger charge is 2.28. The van der Waals surface area contributed by atoms with Crippen molar-refractivity contribution in [3.63, 3.8) is 0 Å². The van der Waals surface area contributed by atoms with Gasteiger partial charge >= 0.3 is 6.36 Å². The van der Waals surface area contributed by atoms with Crippen molar-refractivity contribution >= 4 is 0 Å². The third-order valence-corrected chi connectivity index (χ3v) is 3.44. The molecule has 0 bridgehead atoms. The third-order valence-electron chi connectivity index (χ3n) is 3.44. The summed E-state index contributed by atoms with van der Waals surface area (Å²) in [5, 5.41) is 3.13. The van der Waals surface area contributed by atoms with Crippen molar-refractivity contribution in [1.82, 2.24) is 5.32 Å². The van der Waals surface area contributed by atoms with Crippen molar-refractivity contribution < 1.29 is 17.9 Å². The van der Waals surface area contributed by atoms with Crippen LogP contribution in [0.1, 0.15) is 45.4 Å². The molecule has 0 saturated heterocycles. The highest BCUT2D eigenvalue weighted by atomic mass is 19.4. The first-order valence-corrected chi connectivity index (χ1v) is 6.43. The van der Waals surface area contributed by atoms with Crippen LogP contribution in [0.5, 0.6) is 0 Å². The molecule has 0 unspecified atom stereocenters. The first-order chi connectivity index (χ1) is 7.99. The minimum Gasteiger partial charge on any atom is -0.312 e. The van der Waals surface area contributed by atoms with Crippen molar-refractivity contribution in [2.75, 3.05) is 13.2 Å². The number of alkyl halides is 3. The Kier molecular flexibility index (Phi) is 6.27. The number of hydrogen-bond acceptors (Lipinski definition) is 2. The lowest BCUT2D eigenvalue weighted by atomic mass is 9.93. The van der Waals surface area contributed by atoms with Gasteiger partial charge in [-0.2, -0.15) is 0 Å². The molecule has 1 atom stereocenters. The molecule has 2 nitrogen and oxygen atoms in total. The summed E-state index contributed by atoms with van der Waals surface area (Å²) in [5.74, 6) is 0.600. The van der Waals surface area contributed by atoms with E-state index in [1.807, 2.05) is 0 Å². The van der Waals surface area contributed by atoms with Crippen LogP contribution in [0.3, 0.4) is 0 Å². The lowest BCUT2D eigenvalue weighted by Crippen LogP contribution is -2.36. The lowest BCUT2D eigenvalue weighted by molar-refractivity contribution is -0.323. The fourth-order valence-corrected chi connectivity index (χ4v) is 2.43. The van der Waals surface area contributed by atoms with Crippen molar-refractivity contribution in [1.29, 1.82) is 0 Å². The molecule has 0 aliphatic heterocycles. The van der Waals surface area contributed by atoms with Gasteiger partial charge in [0.2, 0.25) is 0 Å². The molecule has 0 heterocycles. The predicted octanol–water partition coefficient (Wildman–Crippen LogP) is 3.47. The highest BCUT2D eigenvalue weighted by Crippen LogP contribution is 2.25. The van der Waals surface area contributed by atoms with Gasteiger partial charge in [-0.1, -0.05) is 25.7 Å². The smallest absolute Gasteiger partial charge is 0.312 e. The van der Waals surface area contributed by atoms with Crippen LogP contribution < -0.4 is 5.32 Å². The summed E-state index contributed by atoms with van der Waals surface area (Å²) in [5.41, 5.74) is 0. The van der Waals surface area contributed by atoms with E-state index >= 15 is 0 Å². The van der Waals surface area contributed by atoms with Crippen molar-refractivity contribution in [3.05, 3.63) is 0 Å². The van der Waals surface area contributed by atoms with Crippen molar-refractivity contribution in [2.45, 2.75) is 57.9 Å². The van der Waals surface area contributed by atoms with Crippen LogP contribution in [0, 0.1) is 5.92 Å². The first kappa shape index (κ1) is 14.8. The van der Waals surface area contributed by atoms with E-state index in [0.29, 0.717) is 5.92 Å². The van der Waals surface area contributed by atoms with Gasteiger partial charge in [0, 0.05) is 12.6 Å². The van der Waals surface area contributed by atoms with Gasteiger partial charge in [-0.05, 0) is 25.7 Å². The van der Waals surface area contributed by atoms with Crippen LogP contribution in [0.4, 0.5) is 13.2 Å². The number of nitrogens with one attached hydrogen (secondary N) is 1. The second kappa shape index (κ2) is 7.21. The molecular formula is C12H22F3NO. The molecule has 0 radical (unpaired) electrons. The van der Waals surface area contributed by atoms with Gasteiger partial charge in [0.05, 0.1) is 6.61 Å². The quantitative estimate of drug-likeness (QED) is 0.598. The molecule has 1 aliphatic rings. The second-order valence-electron chi connectivity index (χ2n) is 4.79. The van der Waals surface area contributed by atoms with Crippen LogP contribution in [-0.2, 0) is 4.74 Å². The Hall–Kier alpha value is -0.290. The van der Waals surface area contributed by atoms with Crippen LogP contribution >= 0.6 is 0 Å². The molecule has 1 saturated carbocycles. The van der Waals surface area contributed by atoms with Crippen LogP contribution in [0.25, 0.3) is 0 Å². The Labute approximate surface area is 101 Å². The molecule has 0 amide bonds. The van der Waals surface area contributed by atoms with Crippen LogP contribution in [0.2, 0.25) is 0 Å². The molecule has 0 spiro atoms. The summed E-state index contributed by atoms with van der Waals surface area (Å²) in [6.45, 7) is 2.02. The van der Waals surface area contributed by atoms with Gasteiger partial charge < -0.3 is 5.32 Å². The zero-order chi connectivity index (χ0) is 12.7. The molecule has 1 fully saturated rings. The zero-order valence-electron chi connectivity index (χ0n) is 10.4. The van der Waals surface area contributed by atoms with Gasteiger partial charge in [-0.15, -0.1) is 13.2 Å². The summed E-state index contributed by atoms with van der Waals surface area (Å²) >= 11 is 0. The van der Waals surface area contributed by atoms with E-state index in [9.17, 15) is 13.2 Å². The van der Waals surface area contributed by atoms with Gasteiger partial charge in [0.1, 0.15) is 0 Å². The van der Waals surface area contributed by atoms with Gasteiger partial charge in [0.25, 0.3) is 0 Å². The van der Waals surface area contributed by atoms with Gasteiger partial charge in [-0.3, -0.25) is 4.74 Å². The van der Waals surface area contributed by atoms with E-state index in [0.717, 1.165) is 0 Å². The fourth-order valence-electron chi connectivity index (χ4n) is 2.43. The third kappa shape index (κ3) is 6.88. The summed E-state index contributed by atoms with van der Waals surface area (Å²) in [7, 11) is 0. The maximum Gasteiger partial charge on any atom is 0.522 e. The predicted molar refractivity (Wildman–Crippen MR) is 60.7 cm³/mol. The molecule has 0 aromatic carbocycles. The monoisotopic (exact) mass is 253 g/mol. The topological polar surface area (TPSA) is 21.3 Å². The van der Waals surface area contributed by atoms with Crippen molar-refractivity contribution in [2.24, 2.45) is 5.92 Å². The summed E-state index contributed by atoms with van der Waals surface area (Å²) < 4.78 is 38.9. The summed E-state index contributed by atoms with van der Waals surface area (Å²) in [4.78, 5) is 0. The van der Waals surface area contributed by atoms with E-state index in [1.54, 1.807) is 0 Å². The highest BCUT2D eigenvalue weighted by molar-refractivity contribution is 4.74. The minimum atomic E-state index is -4.51. The standard InChI is InChI=1S/C12H22F3NO/c1-10(11-6-4-2-3-5-7-11)16-8-9-17-12(13,14)15/h10-11,16H,2-9H2,1H3/t10-/m0/s1. The largest absolute Gasteiger partial charge is 0.522 e. The van der Waals surface area contributed by atoms with E-state index in [4.69, 9.17) is 0 Å². The summed E-state index contributed by atoms with van der Waals surface area (Å²) in [6, 6.07) is 0.282. The van der Waals surface area contributed by atoms with Crippen LogP contribution in [0.15, 0.2) is 0 Å². The molecule has 102 valence electrons. The first-order valence-electron chi connectivity index (χ1n) is 6.43. The van der Waals surface area contributed by atoms with E-state index in [-0.39, 0.29) is 19.2 Å². The molecule has 1 N–H and O–H groups in total. The van der Waals surface area contributed by atoms with Gasteiger partial charge in [0.15, 0.2) is 0 Å². The molecule has 0 aromatic heterocycles. The normalized spacial score (nSPS) is 21.2. The SMILES string of the molecule is C[C@H](NCCOC(F)(F)F)C1CCCCCC1. The average Bonchev–Trinajstić information content (AvgIpc) is 2.51. The zero-order valence-corrected chi connectivity index (χ0v) is 10.4. The Balaban J connectivity index is 2.13. The average molecular weight is 253 g/mol. The van der Waals surface area contributed by atoms with Crippen molar-refractivity contribution in [3.8, 4) is 0 Å². The van der Waals surface area contributed by atoms with Gasteiger partial charge in [-0.25, -0.2) is 0 Å². The molecule has 5 heteroatoms. The number of halogens is 3. The summed E-state index contributed by atoms with van der Waals surface area (Å²) in [6.07, 6.45) is 2.95. The Morgan fingerprint density at radius 3 is 2.29 bits per heavy atom. The van der Waals surface area contributed by atoms with E-state index < -0.39 is 6.36 Å². The molecule has 0 aromatic rings. The lowest BCUT2D eigenvalue weighted by Gasteiger charge is -2.23. The number of rotatable bonds is 5. The Bertz CT molecular complexity index is 200. The number of hydrogen-bond donors (Lipinski definition) is 1. The van der Waals surface area contributed by atoms with E-state index in [1.165, 1.54) is 38.5 Å².